The number of alkyl halides is 3. The molecule has 2 amide bonds. The van der Waals surface area contributed by atoms with Gasteiger partial charge in [0.15, 0.2) is 5.69 Å². The van der Waals surface area contributed by atoms with Crippen LogP contribution in [0.2, 0.25) is 0 Å². The molecule has 26 heavy (non-hydrogen) atoms. The van der Waals surface area contributed by atoms with Crippen LogP contribution in [0.1, 0.15) is 11.3 Å². The molecule has 9 heteroatoms. The smallest absolute Gasteiger partial charge is 0.384 e. The molecule has 0 aliphatic heterocycles. The Morgan fingerprint density at radius 3 is 2.46 bits per heavy atom. The number of nitrogens with zero attached hydrogens (tertiary/aromatic N) is 2. The van der Waals surface area contributed by atoms with Crippen molar-refractivity contribution in [2.75, 3.05) is 16.4 Å². The fraction of sp³-hybridized carbons (Fsp3) is 0.118. The molecule has 6 nitrogen and oxygen atoms in total. The van der Waals surface area contributed by atoms with Gasteiger partial charge >= 0.3 is 12.2 Å². The van der Waals surface area contributed by atoms with Crippen molar-refractivity contribution in [1.82, 2.24) is 9.97 Å². The molecule has 0 fully saturated rings. The van der Waals surface area contributed by atoms with E-state index in [1.54, 1.807) is 12.1 Å². The van der Waals surface area contributed by atoms with Gasteiger partial charge in [-0.05, 0) is 29.8 Å². The number of hydrogen-bond acceptors (Lipinski definition) is 4. The van der Waals surface area contributed by atoms with Crippen LogP contribution < -0.4 is 16.4 Å². The van der Waals surface area contributed by atoms with Gasteiger partial charge in [0, 0.05) is 11.8 Å². The van der Waals surface area contributed by atoms with Crippen molar-refractivity contribution < 1.29 is 18.0 Å². The molecule has 1 aromatic heterocycles. The van der Waals surface area contributed by atoms with Crippen molar-refractivity contribution in [3.63, 3.8) is 0 Å². The number of rotatable bonds is 2. The van der Waals surface area contributed by atoms with Gasteiger partial charge in [0.1, 0.15) is 5.82 Å². The van der Waals surface area contributed by atoms with Gasteiger partial charge in [0.05, 0.1) is 0 Å². The molecule has 0 atom stereocenters. The molecule has 2 aromatic carbocycles. The van der Waals surface area contributed by atoms with E-state index in [4.69, 9.17) is 5.73 Å². The average molecular weight is 361 g/mol. The maximum Gasteiger partial charge on any atom is 0.433 e. The third-order valence-electron chi connectivity index (χ3n) is 3.52. The van der Waals surface area contributed by atoms with E-state index in [1.807, 2.05) is 31.2 Å². The lowest BCUT2D eigenvalue weighted by atomic mass is 10.1. The Morgan fingerprint density at radius 2 is 1.73 bits per heavy atom. The van der Waals surface area contributed by atoms with E-state index in [-0.39, 0.29) is 0 Å². The largest absolute Gasteiger partial charge is 0.433 e. The normalized spacial score (nSPS) is 11.4. The highest BCUT2D eigenvalue weighted by Gasteiger charge is 2.33. The summed E-state index contributed by atoms with van der Waals surface area (Å²) in [6.07, 6.45) is -4.69. The fourth-order valence-corrected chi connectivity index (χ4v) is 2.37. The van der Waals surface area contributed by atoms with E-state index in [9.17, 15) is 18.0 Å². The van der Waals surface area contributed by atoms with Crippen molar-refractivity contribution in [2.24, 2.45) is 0 Å². The van der Waals surface area contributed by atoms with E-state index in [0.29, 0.717) is 11.8 Å². The topological polar surface area (TPSA) is 92.9 Å². The van der Waals surface area contributed by atoms with Gasteiger partial charge in [-0.2, -0.15) is 18.2 Å². The number of nitrogen functional groups attached to an aromatic ring is 1. The fourth-order valence-electron chi connectivity index (χ4n) is 2.37. The summed E-state index contributed by atoms with van der Waals surface area (Å²) >= 11 is 0. The zero-order chi connectivity index (χ0) is 18.9. The Balaban J connectivity index is 1.78. The number of halogens is 3. The SMILES string of the molecule is Cc1ccc2ccc(NC(=O)Nc3nc(N)cc(C(F)(F)F)n3)cc2c1. The van der Waals surface area contributed by atoms with Crippen LogP contribution in [0, 0.1) is 6.92 Å². The van der Waals surface area contributed by atoms with Gasteiger partial charge in [0.25, 0.3) is 0 Å². The number of carbonyl (C=O) groups is 1. The maximum atomic E-state index is 12.7. The molecule has 0 bridgehead atoms. The van der Waals surface area contributed by atoms with Crippen molar-refractivity contribution in [3.8, 4) is 0 Å². The van der Waals surface area contributed by atoms with Gasteiger partial charge in [-0.1, -0.05) is 29.8 Å². The standard InChI is InChI=1S/C17H14F3N5O/c1-9-2-3-10-4-5-12(7-11(10)6-9)22-16(26)25-15-23-13(17(18,19)20)8-14(21)24-15/h2-8H,1H3,(H4,21,22,23,24,25,26). The van der Waals surface area contributed by atoms with Gasteiger partial charge in [-0.15, -0.1) is 0 Å². The Morgan fingerprint density at radius 1 is 1.00 bits per heavy atom. The summed E-state index contributed by atoms with van der Waals surface area (Å²) in [4.78, 5) is 18.9. The number of aromatic nitrogens is 2. The number of urea groups is 1. The van der Waals surface area contributed by atoms with E-state index >= 15 is 0 Å². The number of hydrogen-bond donors (Lipinski definition) is 3. The molecule has 0 aliphatic carbocycles. The summed E-state index contributed by atoms with van der Waals surface area (Å²) in [5, 5.41) is 6.59. The highest BCUT2D eigenvalue weighted by molar-refractivity contribution is 6.00. The number of amides is 2. The number of carbonyl (C=O) groups excluding carboxylic acids is 1. The molecule has 3 rings (SSSR count). The maximum absolute atomic E-state index is 12.7. The summed E-state index contributed by atoms with van der Waals surface area (Å²) in [6, 6.07) is 10.9. The van der Waals surface area contributed by atoms with Crippen molar-refractivity contribution in [3.05, 3.63) is 53.7 Å². The first kappa shape index (κ1) is 17.5. The molecule has 0 spiro atoms. The van der Waals surface area contributed by atoms with E-state index in [2.05, 4.69) is 20.6 Å². The quantitative estimate of drug-likeness (QED) is 0.638. The van der Waals surface area contributed by atoms with Crippen LogP contribution >= 0.6 is 0 Å². The Hall–Kier alpha value is -3.36. The summed E-state index contributed by atoms with van der Waals surface area (Å²) < 4.78 is 38.2. The molecule has 0 radical (unpaired) electrons. The van der Waals surface area contributed by atoms with Gasteiger partial charge < -0.3 is 11.1 Å². The van der Waals surface area contributed by atoms with Crippen LogP contribution in [0.15, 0.2) is 42.5 Å². The highest BCUT2D eigenvalue weighted by atomic mass is 19.4. The van der Waals surface area contributed by atoms with E-state index in [0.717, 1.165) is 16.3 Å². The van der Waals surface area contributed by atoms with Crippen LogP contribution in [-0.2, 0) is 6.18 Å². The Kier molecular flexibility index (Phi) is 4.37. The van der Waals surface area contributed by atoms with Gasteiger partial charge in [0.2, 0.25) is 5.95 Å². The van der Waals surface area contributed by atoms with Crippen LogP contribution in [0.3, 0.4) is 0 Å². The van der Waals surface area contributed by atoms with Gasteiger partial charge in [-0.25, -0.2) is 9.78 Å². The van der Waals surface area contributed by atoms with Crippen LogP contribution in [0.4, 0.5) is 35.4 Å². The zero-order valence-corrected chi connectivity index (χ0v) is 13.6. The Labute approximate surface area is 146 Å². The van der Waals surface area contributed by atoms with Crippen molar-refractivity contribution >= 4 is 34.3 Å². The van der Waals surface area contributed by atoms with Crippen LogP contribution in [0.25, 0.3) is 10.8 Å². The number of fused-ring (bicyclic) bond motifs is 1. The lowest BCUT2D eigenvalue weighted by molar-refractivity contribution is -0.141. The molecule has 0 unspecified atom stereocenters. The molecule has 0 saturated heterocycles. The summed E-state index contributed by atoms with van der Waals surface area (Å²) in [7, 11) is 0. The molecule has 134 valence electrons. The summed E-state index contributed by atoms with van der Waals surface area (Å²) in [5.74, 6) is -0.935. The van der Waals surface area contributed by atoms with Gasteiger partial charge in [-0.3, -0.25) is 5.32 Å². The number of benzene rings is 2. The number of anilines is 3. The first-order valence-electron chi connectivity index (χ1n) is 7.51. The summed E-state index contributed by atoms with van der Waals surface area (Å²) in [6.45, 7) is 1.95. The monoisotopic (exact) mass is 361 g/mol. The first-order valence-corrected chi connectivity index (χ1v) is 7.51. The number of nitrogens with two attached hydrogens (primary N) is 1. The molecular formula is C17H14F3N5O. The molecule has 4 N–H and O–H groups in total. The minimum atomic E-state index is -4.69. The molecular weight excluding hydrogens is 347 g/mol. The van der Waals surface area contributed by atoms with E-state index in [1.165, 1.54) is 0 Å². The predicted molar refractivity (Wildman–Crippen MR) is 92.8 cm³/mol. The highest BCUT2D eigenvalue weighted by Crippen LogP contribution is 2.29. The third-order valence-corrected chi connectivity index (χ3v) is 3.52. The molecule has 0 aliphatic rings. The second-order valence-corrected chi connectivity index (χ2v) is 5.64. The molecule has 0 saturated carbocycles. The third kappa shape index (κ3) is 4.00. The van der Waals surface area contributed by atoms with Crippen molar-refractivity contribution in [2.45, 2.75) is 13.1 Å². The lowest BCUT2D eigenvalue weighted by Gasteiger charge is -2.10. The number of aryl methyl sites for hydroxylation is 1. The van der Waals surface area contributed by atoms with E-state index < -0.39 is 29.7 Å². The zero-order valence-electron chi connectivity index (χ0n) is 13.6. The lowest BCUT2D eigenvalue weighted by Crippen LogP contribution is -2.22. The van der Waals surface area contributed by atoms with Crippen LogP contribution in [0.5, 0.6) is 0 Å². The molecule has 1 heterocycles. The average Bonchev–Trinajstić information content (AvgIpc) is 2.53. The Bertz CT molecular complexity index is 988. The van der Waals surface area contributed by atoms with Crippen LogP contribution in [-0.4, -0.2) is 16.0 Å². The second-order valence-electron chi connectivity index (χ2n) is 5.64. The number of nitrogens with one attached hydrogen (secondary N) is 2. The minimum absolute atomic E-state index is 0.399. The second kappa shape index (κ2) is 6.51. The summed E-state index contributed by atoms with van der Waals surface area (Å²) in [5.41, 5.74) is 5.64. The predicted octanol–water partition coefficient (Wildman–Crippen LogP) is 4.18. The first-order chi connectivity index (χ1) is 12.2. The minimum Gasteiger partial charge on any atom is -0.384 e. The van der Waals surface area contributed by atoms with Crippen molar-refractivity contribution in [1.29, 1.82) is 0 Å². The molecule has 3 aromatic rings.